The quantitative estimate of drug-likeness (QED) is 0.811. The van der Waals surface area contributed by atoms with E-state index in [1.165, 1.54) is 31.4 Å². The van der Waals surface area contributed by atoms with Gasteiger partial charge < -0.3 is 15.3 Å². The molecule has 1 aromatic rings. The second kappa shape index (κ2) is 8.27. The average molecular weight is 316 g/mol. The molecule has 1 aliphatic carbocycles. The fourth-order valence-corrected chi connectivity index (χ4v) is 4.04. The molecule has 1 saturated heterocycles. The minimum atomic E-state index is -0.153. The van der Waals surface area contributed by atoms with E-state index in [0.717, 1.165) is 38.4 Å². The highest BCUT2D eigenvalue weighted by Gasteiger charge is 2.32. The van der Waals surface area contributed by atoms with Crippen LogP contribution in [-0.2, 0) is 6.54 Å². The Bertz CT molecular complexity index is 460. The predicted octanol–water partition coefficient (Wildman–Crippen LogP) is 3.04. The lowest BCUT2D eigenvalue weighted by atomic mass is 9.83. The Hall–Kier alpha value is -0.900. The lowest BCUT2D eigenvalue weighted by Crippen LogP contribution is -2.52. The summed E-state index contributed by atoms with van der Waals surface area (Å²) in [6, 6.07) is 11.1. The van der Waals surface area contributed by atoms with Gasteiger partial charge in [-0.05, 0) is 43.1 Å². The third-order valence-electron chi connectivity index (χ3n) is 5.70. The van der Waals surface area contributed by atoms with E-state index < -0.39 is 0 Å². The topological polar surface area (TPSA) is 35.5 Å². The number of hydrogen-bond donors (Lipinski definition) is 2. The zero-order valence-corrected chi connectivity index (χ0v) is 14.5. The molecule has 3 unspecified atom stereocenters. The summed E-state index contributed by atoms with van der Waals surface area (Å²) in [6.07, 6.45) is 6.03. The molecule has 3 atom stereocenters. The minimum absolute atomic E-state index is 0.153. The number of benzene rings is 1. The third-order valence-corrected chi connectivity index (χ3v) is 5.70. The summed E-state index contributed by atoms with van der Waals surface area (Å²) in [4.78, 5) is 2.61. The van der Waals surface area contributed by atoms with Gasteiger partial charge in [0.05, 0.1) is 6.10 Å². The van der Waals surface area contributed by atoms with Crippen molar-refractivity contribution in [1.29, 1.82) is 0 Å². The second-order valence-electron chi connectivity index (χ2n) is 7.55. The van der Waals surface area contributed by atoms with E-state index in [2.05, 4.69) is 47.5 Å². The normalized spacial score (nSPS) is 27.6. The summed E-state index contributed by atoms with van der Waals surface area (Å²) in [5.74, 6) is 1.32. The standard InChI is InChI=1S/C20H32N2O/c1-2-20(23)18-11-19(21-12-16-7-4-3-5-8-16)15-22(14-18)13-17-9-6-10-17/h3-5,7-8,17-21,23H,2,6,9-15H2,1H3. The van der Waals surface area contributed by atoms with Crippen LogP contribution in [0.2, 0.25) is 0 Å². The van der Waals surface area contributed by atoms with Crippen molar-refractivity contribution in [3.05, 3.63) is 35.9 Å². The second-order valence-corrected chi connectivity index (χ2v) is 7.55. The van der Waals surface area contributed by atoms with Crippen LogP contribution in [0.1, 0.15) is 44.6 Å². The van der Waals surface area contributed by atoms with E-state index in [0.29, 0.717) is 12.0 Å². The Kier molecular flexibility index (Phi) is 6.09. The first-order valence-electron chi connectivity index (χ1n) is 9.42. The molecule has 1 heterocycles. The van der Waals surface area contributed by atoms with Crippen molar-refractivity contribution in [2.75, 3.05) is 19.6 Å². The Morgan fingerprint density at radius 3 is 2.65 bits per heavy atom. The fraction of sp³-hybridized carbons (Fsp3) is 0.700. The maximum Gasteiger partial charge on any atom is 0.0578 e. The first-order valence-corrected chi connectivity index (χ1v) is 9.42. The van der Waals surface area contributed by atoms with Gasteiger partial charge in [-0.3, -0.25) is 0 Å². The molecular weight excluding hydrogens is 284 g/mol. The van der Waals surface area contributed by atoms with Crippen molar-refractivity contribution in [2.45, 2.75) is 57.7 Å². The molecule has 1 aliphatic heterocycles. The molecule has 1 saturated carbocycles. The van der Waals surface area contributed by atoms with Crippen LogP contribution in [0, 0.1) is 11.8 Å². The van der Waals surface area contributed by atoms with Crippen molar-refractivity contribution in [2.24, 2.45) is 11.8 Å². The van der Waals surface area contributed by atoms with Crippen LogP contribution in [0.3, 0.4) is 0 Å². The van der Waals surface area contributed by atoms with E-state index >= 15 is 0 Å². The summed E-state index contributed by atoms with van der Waals surface area (Å²) in [5.41, 5.74) is 1.34. The zero-order chi connectivity index (χ0) is 16.1. The summed E-state index contributed by atoms with van der Waals surface area (Å²) in [6.45, 7) is 6.47. The predicted molar refractivity (Wildman–Crippen MR) is 95.3 cm³/mol. The molecule has 3 nitrogen and oxygen atoms in total. The number of likely N-dealkylation sites (tertiary alicyclic amines) is 1. The number of aliphatic hydroxyl groups is 1. The van der Waals surface area contributed by atoms with Gasteiger partial charge in [0.1, 0.15) is 0 Å². The summed E-state index contributed by atoms with van der Waals surface area (Å²) >= 11 is 0. The Balaban J connectivity index is 1.55. The number of rotatable bonds is 7. The molecule has 3 heteroatoms. The van der Waals surface area contributed by atoms with Crippen LogP contribution in [0.25, 0.3) is 0 Å². The third kappa shape index (κ3) is 4.79. The first kappa shape index (κ1) is 16.9. The molecule has 0 spiro atoms. The highest BCUT2D eigenvalue weighted by Crippen LogP contribution is 2.30. The monoisotopic (exact) mass is 316 g/mol. The van der Waals surface area contributed by atoms with Crippen LogP contribution in [0.4, 0.5) is 0 Å². The van der Waals surface area contributed by atoms with Gasteiger partial charge in [-0.1, -0.05) is 43.7 Å². The molecule has 23 heavy (non-hydrogen) atoms. The molecule has 0 amide bonds. The van der Waals surface area contributed by atoms with Gasteiger partial charge in [0.25, 0.3) is 0 Å². The Morgan fingerprint density at radius 2 is 2.00 bits per heavy atom. The van der Waals surface area contributed by atoms with E-state index in [1.807, 2.05) is 0 Å². The molecule has 2 N–H and O–H groups in total. The van der Waals surface area contributed by atoms with Crippen molar-refractivity contribution in [3.63, 3.8) is 0 Å². The Labute approximate surface area is 141 Å². The van der Waals surface area contributed by atoms with Crippen LogP contribution in [-0.4, -0.2) is 41.8 Å². The van der Waals surface area contributed by atoms with Crippen molar-refractivity contribution in [3.8, 4) is 0 Å². The molecule has 128 valence electrons. The zero-order valence-electron chi connectivity index (χ0n) is 14.5. The van der Waals surface area contributed by atoms with Gasteiger partial charge >= 0.3 is 0 Å². The van der Waals surface area contributed by atoms with E-state index in [4.69, 9.17) is 0 Å². The fourth-order valence-electron chi connectivity index (χ4n) is 4.04. The van der Waals surface area contributed by atoms with E-state index in [1.54, 1.807) is 0 Å². The van der Waals surface area contributed by atoms with Crippen molar-refractivity contribution < 1.29 is 5.11 Å². The van der Waals surface area contributed by atoms with Gasteiger partial charge in [0.15, 0.2) is 0 Å². The first-order chi connectivity index (χ1) is 11.2. The molecule has 1 aromatic carbocycles. The maximum atomic E-state index is 10.4. The molecule has 2 fully saturated rings. The molecular formula is C20H32N2O. The van der Waals surface area contributed by atoms with Gasteiger partial charge in [-0.2, -0.15) is 0 Å². The van der Waals surface area contributed by atoms with E-state index in [9.17, 15) is 5.11 Å². The molecule has 0 bridgehead atoms. The van der Waals surface area contributed by atoms with Crippen LogP contribution < -0.4 is 5.32 Å². The number of nitrogens with one attached hydrogen (secondary N) is 1. The highest BCUT2D eigenvalue weighted by molar-refractivity contribution is 5.14. The SMILES string of the molecule is CCC(O)C1CC(NCc2ccccc2)CN(CC2CCC2)C1. The van der Waals surface area contributed by atoms with Crippen molar-refractivity contribution in [1.82, 2.24) is 10.2 Å². The smallest absolute Gasteiger partial charge is 0.0578 e. The highest BCUT2D eigenvalue weighted by atomic mass is 16.3. The average Bonchev–Trinajstić information content (AvgIpc) is 2.56. The summed E-state index contributed by atoms with van der Waals surface area (Å²) < 4.78 is 0. The lowest BCUT2D eigenvalue weighted by Gasteiger charge is -2.42. The summed E-state index contributed by atoms with van der Waals surface area (Å²) in [5, 5.41) is 14.1. The number of piperidine rings is 1. The van der Waals surface area contributed by atoms with Crippen LogP contribution in [0.15, 0.2) is 30.3 Å². The lowest BCUT2D eigenvalue weighted by molar-refractivity contribution is 0.0245. The largest absolute Gasteiger partial charge is 0.393 e. The van der Waals surface area contributed by atoms with E-state index in [-0.39, 0.29) is 6.10 Å². The van der Waals surface area contributed by atoms with Gasteiger partial charge in [-0.15, -0.1) is 0 Å². The molecule has 2 aliphatic rings. The van der Waals surface area contributed by atoms with Gasteiger partial charge in [-0.25, -0.2) is 0 Å². The number of aliphatic hydroxyl groups excluding tert-OH is 1. The van der Waals surface area contributed by atoms with Crippen molar-refractivity contribution >= 4 is 0 Å². The van der Waals surface area contributed by atoms with Crippen LogP contribution in [0.5, 0.6) is 0 Å². The molecule has 3 rings (SSSR count). The Morgan fingerprint density at radius 1 is 1.22 bits per heavy atom. The maximum absolute atomic E-state index is 10.4. The number of hydrogen-bond acceptors (Lipinski definition) is 3. The molecule has 0 aromatic heterocycles. The summed E-state index contributed by atoms with van der Waals surface area (Å²) in [7, 11) is 0. The van der Waals surface area contributed by atoms with Gasteiger partial charge in [0.2, 0.25) is 0 Å². The van der Waals surface area contributed by atoms with Gasteiger partial charge in [0, 0.05) is 32.2 Å². The van der Waals surface area contributed by atoms with Crippen LogP contribution >= 0.6 is 0 Å². The number of nitrogens with zero attached hydrogens (tertiary/aromatic N) is 1. The minimum Gasteiger partial charge on any atom is -0.393 e. The molecule has 0 radical (unpaired) electrons.